The lowest BCUT2D eigenvalue weighted by molar-refractivity contribution is -0.141. The number of alkyl halides is 3. The number of rotatable bonds is 2. The molecule has 0 radical (unpaired) electrons. The fraction of sp³-hybridized carbons (Fsp3) is 0.0769. The number of nitriles is 1. The molecule has 0 spiro atoms. The summed E-state index contributed by atoms with van der Waals surface area (Å²) in [6, 6.07) is 10.0. The van der Waals surface area contributed by atoms with Crippen LogP contribution in [0.5, 0.6) is 11.6 Å². The Morgan fingerprint density at radius 2 is 1.95 bits per heavy atom. The minimum absolute atomic E-state index is 0.0713. The SMILES string of the molecule is N#Cc1ccc(C(F)(F)F)nc1Oc1cccc(Br)c1. The molecule has 0 unspecified atom stereocenters. The summed E-state index contributed by atoms with van der Waals surface area (Å²) < 4.78 is 43.7. The predicted molar refractivity (Wildman–Crippen MR) is 68.2 cm³/mol. The van der Waals surface area contributed by atoms with E-state index in [2.05, 4.69) is 20.9 Å². The van der Waals surface area contributed by atoms with Crippen LogP contribution >= 0.6 is 15.9 Å². The summed E-state index contributed by atoms with van der Waals surface area (Å²) >= 11 is 3.21. The van der Waals surface area contributed by atoms with E-state index < -0.39 is 11.9 Å². The van der Waals surface area contributed by atoms with Gasteiger partial charge >= 0.3 is 6.18 Å². The summed E-state index contributed by atoms with van der Waals surface area (Å²) in [5, 5.41) is 8.88. The number of aromatic nitrogens is 1. The number of halogens is 4. The van der Waals surface area contributed by atoms with Crippen molar-refractivity contribution in [2.45, 2.75) is 6.18 Å². The van der Waals surface area contributed by atoms with Gasteiger partial charge in [0.1, 0.15) is 23.1 Å². The zero-order chi connectivity index (χ0) is 14.8. The Hall–Kier alpha value is -2.07. The van der Waals surface area contributed by atoms with Crippen LogP contribution in [-0.2, 0) is 6.18 Å². The highest BCUT2D eigenvalue weighted by Gasteiger charge is 2.33. The van der Waals surface area contributed by atoms with Crippen LogP contribution in [0.1, 0.15) is 11.3 Å². The van der Waals surface area contributed by atoms with Gasteiger partial charge in [-0.25, -0.2) is 4.98 Å². The molecule has 7 heteroatoms. The highest BCUT2D eigenvalue weighted by Crippen LogP contribution is 2.32. The van der Waals surface area contributed by atoms with E-state index in [1.54, 1.807) is 30.3 Å². The van der Waals surface area contributed by atoms with Crippen molar-refractivity contribution >= 4 is 15.9 Å². The van der Waals surface area contributed by atoms with Gasteiger partial charge in [-0.2, -0.15) is 18.4 Å². The van der Waals surface area contributed by atoms with Crippen molar-refractivity contribution in [3.8, 4) is 17.7 Å². The number of hydrogen-bond donors (Lipinski definition) is 0. The Kier molecular flexibility index (Phi) is 3.95. The van der Waals surface area contributed by atoms with Crippen LogP contribution in [0.4, 0.5) is 13.2 Å². The Balaban J connectivity index is 2.42. The molecule has 2 rings (SSSR count). The van der Waals surface area contributed by atoms with Crippen molar-refractivity contribution in [2.24, 2.45) is 0 Å². The second-order valence-corrected chi connectivity index (χ2v) is 4.63. The van der Waals surface area contributed by atoms with E-state index in [-0.39, 0.29) is 17.2 Å². The van der Waals surface area contributed by atoms with Crippen LogP contribution in [0, 0.1) is 11.3 Å². The quantitative estimate of drug-likeness (QED) is 0.805. The van der Waals surface area contributed by atoms with E-state index >= 15 is 0 Å². The van der Waals surface area contributed by atoms with Gasteiger partial charge in [-0.15, -0.1) is 0 Å². The van der Waals surface area contributed by atoms with Crippen molar-refractivity contribution in [1.82, 2.24) is 4.98 Å². The molecule has 0 N–H and O–H groups in total. The summed E-state index contributed by atoms with van der Waals surface area (Å²) in [5.74, 6) is -0.0943. The van der Waals surface area contributed by atoms with Gasteiger partial charge < -0.3 is 4.74 Å². The van der Waals surface area contributed by atoms with E-state index in [4.69, 9.17) is 10.00 Å². The van der Waals surface area contributed by atoms with Gasteiger partial charge in [-0.1, -0.05) is 22.0 Å². The van der Waals surface area contributed by atoms with Crippen LogP contribution in [-0.4, -0.2) is 4.98 Å². The molecule has 0 amide bonds. The van der Waals surface area contributed by atoms with E-state index in [0.29, 0.717) is 4.47 Å². The molecule has 0 fully saturated rings. The molecule has 1 aromatic carbocycles. The molecular weight excluding hydrogens is 337 g/mol. The van der Waals surface area contributed by atoms with E-state index in [9.17, 15) is 13.2 Å². The van der Waals surface area contributed by atoms with Gasteiger partial charge in [-0.3, -0.25) is 0 Å². The Bertz CT molecular complexity index is 680. The van der Waals surface area contributed by atoms with E-state index in [0.717, 1.165) is 12.1 Å². The van der Waals surface area contributed by atoms with Gasteiger partial charge in [0.05, 0.1) is 0 Å². The van der Waals surface area contributed by atoms with Gasteiger partial charge in [-0.05, 0) is 30.3 Å². The third-order valence-corrected chi connectivity index (χ3v) is 2.78. The lowest BCUT2D eigenvalue weighted by Crippen LogP contribution is -2.09. The molecular formula is C13H6BrF3N2O. The normalized spacial score (nSPS) is 10.9. The topological polar surface area (TPSA) is 45.9 Å². The standard InChI is InChI=1S/C13H6BrF3N2O/c14-9-2-1-3-10(6-9)20-12-8(7-18)4-5-11(19-12)13(15,16)17/h1-6H. The number of nitrogens with zero attached hydrogens (tertiary/aromatic N) is 2. The zero-order valence-electron chi connectivity index (χ0n) is 9.78. The second-order valence-electron chi connectivity index (χ2n) is 3.72. The average molecular weight is 343 g/mol. The molecule has 0 aliphatic heterocycles. The van der Waals surface area contributed by atoms with Crippen molar-refractivity contribution in [2.75, 3.05) is 0 Å². The lowest BCUT2D eigenvalue weighted by atomic mass is 10.2. The van der Waals surface area contributed by atoms with Gasteiger partial charge in [0.25, 0.3) is 0 Å². The van der Waals surface area contributed by atoms with Crippen molar-refractivity contribution in [3.05, 3.63) is 52.1 Å². The van der Waals surface area contributed by atoms with E-state index in [1.165, 1.54) is 0 Å². The van der Waals surface area contributed by atoms with Crippen LogP contribution in [0.3, 0.4) is 0 Å². The molecule has 0 aliphatic rings. The van der Waals surface area contributed by atoms with Crippen molar-refractivity contribution < 1.29 is 17.9 Å². The molecule has 3 nitrogen and oxygen atoms in total. The van der Waals surface area contributed by atoms with Crippen LogP contribution in [0.25, 0.3) is 0 Å². The summed E-state index contributed by atoms with van der Waals surface area (Å²) in [6.45, 7) is 0. The first-order chi connectivity index (χ1) is 9.40. The monoisotopic (exact) mass is 342 g/mol. The van der Waals surface area contributed by atoms with Crippen LogP contribution in [0.2, 0.25) is 0 Å². The molecule has 2 aromatic rings. The number of hydrogen-bond acceptors (Lipinski definition) is 3. The van der Waals surface area contributed by atoms with Crippen LogP contribution < -0.4 is 4.74 Å². The molecule has 0 atom stereocenters. The maximum atomic E-state index is 12.6. The van der Waals surface area contributed by atoms with Crippen LogP contribution in [0.15, 0.2) is 40.9 Å². The van der Waals surface area contributed by atoms with Crippen molar-refractivity contribution in [3.63, 3.8) is 0 Å². The number of pyridine rings is 1. The maximum absolute atomic E-state index is 12.6. The van der Waals surface area contributed by atoms with Gasteiger partial charge in [0.2, 0.25) is 5.88 Å². The third-order valence-electron chi connectivity index (χ3n) is 2.28. The largest absolute Gasteiger partial charge is 0.438 e. The number of benzene rings is 1. The highest BCUT2D eigenvalue weighted by atomic mass is 79.9. The zero-order valence-corrected chi connectivity index (χ0v) is 11.4. The first-order valence-corrected chi connectivity index (χ1v) is 6.11. The van der Waals surface area contributed by atoms with Gasteiger partial charge in [0.15, 0.2) is 0 Å². The molecule has 0 bridgehead atoms. The summed E-state index contributed by atoms with van der Waals surface area (Å²) in [7, 11) is 0. The minimum atomic E-state index is -4.59. The fourth-order valence-corrected chi connectivity index (χ4v) is 1.78. The average Bonchev–Trinajstić information content (AvgIpc) is 2.37. The summed E-state index contributed by atoms with van der Waals surface area (Å²) in [5.41, 5.74) is -1.18. The predicted octanol–water partition coefficient (Wildman–Crippen LogP) is 4.53. The molecule has 20 heavy (non-hydrogen) atoms. The molecule has 1 heterocycles. The lowest BCUT2D eigenvalue weighted by Gasteiger charge is -2.10. The molecule has 0 aliphatic carbocycles. The maximum Gasteiger partial charge on any atom is 0.433 e. The van der Waals surface area contributed by atoms with Gasteiger partial charge in [0, 0.05) is 4.47 Å². The summed E-state index contributed by atoms with van der Waals surface area (Å²) in [6.07, 6.45) is -4.59. The third kappa shape index (κ3) is 3.27. The molecule has 1 aromatic heterocycles. The Morgan fingerprint density at radius 1 is 1.20 bits per heavy atom. The van der Waals surface area contributed by atoms with Crippen molar-refractivity contribution in [1.29, 1.82) is 5.26 Å². The summed E-state index contributed by atoms with van der Waals surface area (Å²) in [4.78, 5) is 3.35. The first-order valence-electron chi connectivity index (χ1n) is 5.32. The fourth-order valence-electron chi connectivity index (χ4n) is 1.40. The second kappa shape index (κ2) is 5.51. The highest BCUT2D eigenvalue weighted by molar-refractivity contribution is 9.10. The first kappa shape index (κ1) is 14.3. The molecule has 102 valence electrons. The smallest absolute Gasteiger partial charge is 0.433 e. The molecule has 0 saturated heterocycles. The Labute approximate surface area is 120 Å². The molecule has 0 saturated carbocycles. The minimum Gasteiger partial charge on any atom is -0.438 e. The van der Waals surface area contributed by atoms with E-state index in [1.807, 2.05) is 0 Å². The Morgan fingerprint density at radius 3 is 2.55 bits per heavy atom. The number of ether oxygens (including phenoxy) is 1.